The molecule has 0 aliphatic carbocycles. The molecular weight excluding hydrogens is 490 g/mol. The first-order valence-corrected chi connectivity index (χ1v) is 13.1. The zero-order valence-electron chi connectivity index (χ0n) is 20.7. The lowest BCUT2D eigenvalue weighted by Gasteiger charge is -2.10. The van der Waals surface area contributed by atoms with Crippen LogP contribution in [0.25, 0.3) is 32.3 Å². The third kappa shape index (κ3) is 4.56. The molecule has 0 fully saturated rings. The maximum atomic E-state index is 11.9. The zero-order valence-corrected chi connectivity index (χ0v) is 21.5. The van der Waals surface area contributed by atoms with Gasteiger partial charge in [0.15, 0.2) is 5.58 Å². The highest BCUT2D eigenvalue weighted by molar-refractivity contribution is 7.19. The van der Waals surface area contributed by atoms with Crippen molar-refractivity contribution in [2.75, 3.05) is 0 Å². The number of nitrogens with zero attached hydrogens (tertiary/aromatic N) is 3. The number of thiophene rings is 1. The van der Waals surface area contributed by atoms with Crippen molar-refractivity contribution in [2.45, 2.75) is 12.5 Å². The topological polar surface area (TPSA) is 71.3 Å². The predicted molar refractivity (Wildman–Crippen MR) is 154 cm³/mol. The summed E-state index contributed by atoms with van der Waals surface area (Å²) in [5.41, 5.74) is 6.22. The second kappa shape index (κ2) is 9.97. The molecule has 0 aliphatic rings. The lowest BCUT2D eigenvalue weighted by molar-refractivity contribution is 0.528. The van der Waals surface area contributed by atoms with Crippen molar-refractivity contribution in [2.24, 2.45) is 12.0 Å². The minimum Gasteiger partial charge on any atom is -0.408 e. The van der Waals surface area contributed by atoms with Crippen LogP contribution in [0.1, 0.15) is 16.0 Å². The minimum absolute atomic E-state index is 0.368. The Morgan fingerprint density at radius 2 is 1.58 bits per heavy atom. The predicted octanol–water partition coefficient (Wildman–Crippen LogP) is 6.99. The van der Waals surface area contributed by atoms with E-state index in [0.717, 1.165) is 48.4 Å². The molecule has 0 saturated carbocycles. The normalized spacial score (nSPS) is 11.9. The van der Waals surface area contributed by atoms with Crippen LogP contribution in [0.2, 0.25) is 0 Å². The zero-order chi connectivity index (χ0) is 26.1. The smallest absolute Gasteiger partial charge is 0.408 e. The molecule has 38 heavy (non-hydrogen) atoms. The molecule has 0 radical (unpaired) electrons. The molecule has 0 spiro atoms. The van der Waals surface area contributed by atoms with Crippen LogP contribution in [0.4, 0.5) is 0 Å². The Labute approximate surface area is 223 Å². The van der Waals surface area contributed by atoms with Crippen LogP contribution in [0, 0.1) is 11.3 Å². The molecule has 2 heterocycles. The number of aliphatic imine (C=N–C) groups is 1. The second-order valence-corrected chi connectivity index (χ2v) is 10.3. The molecule has 5 nitrogen and oxygen atoms in total. The Morgan fingerprint density at radius 1 is 0.921 bits per heavy atom. The van der Waals surface area contributed by atoms with Gasteiger partial charge in [-0.1, -0.05) is 72.8 Å². The molecule has 6 aromatic rings. The Hall–Kier alpha value is -4.73. The van der Waals surface area contributed by atoms with E-state index in [4.69, 9.17) is 9.41 Å². The van der Waals surface area contributed by atoms with Gasteiger partial charge in [0, 0.05) is 34.2 Å². The average molecular weight is 514 g/mol. The van der Waals surface area contributed by atoms with Gasteiger partial charge in [-0.3, -0.25) is 9.56 Å². The van der Waals surface area contributed by atoms with Gasteiger partial charge in [0.05, 0.1) is 17.3 Å². The number of hydrogen-bond acceptors (Lipinski definition) is 5. The maximum Gasteiger partial charge on any atom is 0.419 e. The van der Waals surface area contributed by atoms with E-state index in [9.17, 15) is 10.1 Å². The van der Waals surface area contributed by atoms with Crippen LogP contribution in [0.3, 0.4) is 0 Å². The van der Waals surface area contributed by atoms with Gasteiger partial charge in [0.2, 0.25) is 0 Å². The summed E-state index contributed by atoms with van der Waals surface area (Å²) >= 11 is 1.69. The maximum absolute atomic E-state index is 11.9. The molecule has 184 valence electrons. The Morgan fingerprint density at radius 3 is 2.26 bits per heavy atom. The van der Waals surface area contributed by atoms with Gasteiger partial charge in [0.25, 0.3) is 0 Å². The molecule has 6 heteroatoms. The summed E-state index contributed by atoms with van der Waals surface area (Å²) in [6.45, 7) is 0. The van der Waals surface area contributed by atoms with Gasteiger partial charge in [-0.15, -0.1) is 11.3 Å². The van der Waals surface area contributed by atoms with Crippen molar-refractivity contribution in [3.8, 4) is 17.2 Å². The second-order valence-electron chi connectivity index (χ2n) is 9.13. The van der Waals surface area contributed by atoms with E-state index in [0.29, 0.717) is 12.0 Å². The van der Waals surface area contributed by atoms with Crippen molar-refractivity contribution >= 4 is 38.2 Å². The summed E-state index contributed by atoms with van der Waals surface area (Å²) in [7, 11) is 1.71. The fourth-order valence-corrected chi connectivity index (χ4v) is 5.74. The average Bonchev–Trinajstić information content (AvgIpc) is 3.50. The van der Waals surface area contributed by atoms with Crippen LogP contribution in [-0.4, -0.2) is 16.3 Å². The molecule has 1 atom stereocenters. The largest absolute Gasteiger partial charge is 0.419 e. The Balaban J connectivity index is 1.32. The third-order valence-corrected chi connectivity index (χ3v) is 7.75. The molecule has 1 unspecified atom stereocenters. The summed E-state index contributed by atoms with van der Waals surface area (Å²) in [6, 6.07) is 36.2. The first-order chi connectivity index (χ1) is 18.6. The lowest BCUT2D eigenvalue weighted by Crippen LogP contribution is -2.12. The van der Waals surface area contributed by atoms with E-state index < -0.39 is 6.04 Å². The number of nitriles is 1. The van der Waals surface area contributed by atoms with Crippen LogP contribution in [0.5, 0.6) is 0 Å². The standard InChI is InChI=1S/C32H23N3O2S/c1-35-28-18-24(12-14-29(28)37-32(35)36)23-13-15-30-25(16-23)17-27(38-30)19-26(20-33)34-31(21-8-4-2-5-9-21)22-10-6-3-7-11-22/h2-18,26H,19H2,1H3. The third-order valence-electron chi connectivity index (χ3n) is 6.62. The molecule has 4 aromatic carbocycles. The SMILES string of the molecule is Cn1c(=O)oc2ccc(-c3ccc4sc(CC(C#N)N=C(c5ccccc5)c5ccccc5)cc4c3)cc21. The van der Waals surface area contributed by atoms with Crippen LogP contribution < -0.4 is 5.76 Å². The van der Waals surface area contributed by atoms with Crippen molar-refractivity contribution in [3.63, 3.8) is 0 Å². The summed E-state index contributed by atoms with van der Waals surface area (Å²) in [6.07, 6.45) is 0.539. The Kier molecular flexibility index (Phi) is 6.20. The molecular formula is C32H23N3O2S. The first-order valence-electron chi connectivity index (χ1n) is 12.3. The van der Waals surface area contributed by atoms with Crippen molar-refractivity contribution < 1.29 is 4.42 Å². The van der Waals surface area contributed by atoms with Gasteiger partial charge in [-0.2, -0.15) is 5.26 Å². The molecule has 0 bridgehead atoms. The van der Waals surface area contributed by atoms with Gasteiger partial charge in [-0.05, 0) is 46.8 Å². The molecule has 2 aromatic heterocycles. The fraction of sp³-hybridized carbons (Fsp3) is 0.0938. The number of rotatable bonds is 6. The summed E-state index contributed by atoms with van der Waals surface area (Å²) in [5, 5.41) is 11.1. The number of benzene rings is 4. The number of fused-ring (bicyclic) bond motifs is 2. The number of oxazole rings is 1. The minimum atomic E-state index is -0.511. The van der Waals surface area contributed by atoms with Gasteiger partial charge < -0.3 is 4.42 Å². The number of aromatic nitrogens is 1. The van der Waals surface area contributed by atoms with Gasteiger partial charge in [-0.25, -0.2) is 4.79 Å². The summed E-state index contributed by atoms with van der Waals surface area (Å²) < 4.78 is 7.94. The van der Waals surface area contributed by atoms with Crippen molar-refractivity contribution in [1.29, 1.82) is 5.26 Å². The van der Waals surface area contributed by atoms with Crippen molar-refractivity contribution in [3.05, 3.63) is 130 Å². The van der Waals surface area contributed by atoms with E-state index in [1.54, 1.807) is 18.4 Å². The molecule has 0 aliphatic heterocycles. The summed E-state index contributed by atoms with van der Waals surface area (Å²) in [4.78, 5) is 17.9. The quantitative estimate of drug-likeness (QED) is 0.226. The van der Waals surface area contributed by atoms with Gasteiger partial charge in [0.1, 0.15) is 6.04 Å². The van der Waals surface area contributed by atoms with E-state index in [2.05, 4.69) is 30.3 Å². The Bertz CT molecular complexity index is 1850. The van der Waals surface area contributed by atoms with Crippen LogP contribution in [-0.2, 0) is 13.5 Å². The highest BCUT2D eigenvalue weighted by Gasteiger charge is 2.15. The fourth-order valence-electron chi connectivity index (χ4n) is 4.66. The highest BCUT2D eigenvalue weighted by Crippen LogP contribution is 2.32. The van der Waals surface area contributed by atoms with E-state index in [-0.39, 0.29) is 5.76 Å². The highest BCUT2D eigenvalue weighted by atomic mass is 32.1. The summed E-state index contributed by atoms with van der Waals surface area (Å²) in [5.74, 6) is -0.368. The van der Waals surface area contributed by atoms with E-state index in [1.807, 2.05) is 78.9 Å². The van der Waals surface area contributed by atoms with Crippen LogP contribution in [0.15, 0.2) is 117 Å². The van der Waals surface area contributed by atoms with Crippen molar-refractivity contribution in [1.82, 2.24) is 4.57 Å². The van der Waals surface area contributed by atoms with Crippen LogP contribution >= 0.6 is 11.3 Å². The molecule has 0 N–H and O–H groups in total. The molecule has 0 saturated heterocycles. The first kappa shape index (κ1) is 23.7. The molecule has 6 rings (SSSR count). The number of aryl methyl sites for hydroxylation is 1. The lowest BCUT2D eigenvalue weighted by atomic mass is 10.0. The van der Waals surface area contributed by atoms with E-state index in [1.165, 1.54) is 4.57 Å². The van der Waals surface area contributed by atoms with Gasteiger partial charge >= 0.3 is 5.76 Å². The number of hydrogen-bond donors (Lipinski definition) is 0. The van der Waals surface area contributed by atoms with E-state index >= 15 is 0 Å². The monoisotopic (exact) mass is 513 g/mol. The molecule has 0 amide bonds.